The van der Waals surface area contributed by atoms with Crippen LogP contribution in [-0.4, -0.2) is 17.4 Å². The molecule has 1 rings (SSSR count). The predicted octanol–water partition coefficient (Wildman–Crippen LogP) is 2.52. The van der Waals surface area contributed by atoms with E-state index in [1.54, 1.807) is 0 Å². The van der Waals surface area contributed by atoms with Crippen LogP contribution in [0.4, 0.5) is 0 Å². The van der Waals surface area contributed by atoms with E-state index in [1.165, 1.54) is 32.1 Å². The number of aliphatic hydroxyl groups is 1. The summed E-state index contributed by atoms with van der Waals surface area (Å²) in [6.45, 7) is 6.41. The minimum absolute atomic E-state index is 0.311. The van der Waals surface area contributed by atoms with Gasteiger partial charge in [-0.3, -0.25) is 5.32 Å². The summed E-state index contributed by atoms with van der Waals surface area (Å²) in [7, 11) is 0. The molecule has 1 saturated carbocycles. The Morgan fingerprint density at radius 2 is 1.79 bits per heavy atom. The van der Waals surface area contributed by atoms with E-state index < -0.39 is 0 Å². The van der Waals surface area contributed by atoms with Crippen LogP contribution in [0.2, 0.25) is 0 Å². The van der Waals surface area contributed by atoms with E-state index >= 15 is 0 Å². The molecule has 1 aliphatic carbocycles. The van der Waals surface area contributed by atoms with Crippen LogP contribution in [0.3, 0.4) is 0 Å². The van der Waals surface area contributed by atoms with Crippen molar-refractivity contribution < 1.29 is 5.11 Å². The minimum Gasteiger partial charge on any atom is -0.378 e. The third kappa shape index (κ3) is 3.58. The molecule has 2 nitrogen and oxygen atoms in total. The highest BCUT2D eigenvalue weighted by atomic mass is 16.3. The summed E-state index contributed by atoms with van der Waals surface area (Å²) < 4.78 is 0. The number of rotatable bonds is 3. The lowest BCUT2D eigenvalue weighted by Crippen LogP contribution is -2.44. The molecule has 0 heterocycles. The summed E-state index contributed by atoms with van der Waals surface area (Å²) in [6.07, 6.45) is 6.23. The Hall–Kier alpha value is -0.0800. The zero-order valence-corrected chi connectivity index (χ0v) is 9.79. The number of hydrogen-bond donors (Lipinski definition) is 2. The molecule has 2 N–H and O–H groups in total. The Morgan fingerprint density at radius 1 is 1.14 bits per heavy atom. The van der Waals surface area contributed by atoms with E-state index in [9.17, 15) is 5.11 Å². The van der Waals surface area contributed by atoms with E-state index in [-0.39, 0.29) is 6.23 Å². The maximum atomic E-state index is 9.78. The standard InChI is InChI=1S/C12H25NO/c1-9(2)12(14)13-11-8-6-4-5-7-10(11)3/h9-14H,4-8H2,1-3H3/t10-,11?,12?/m0/s1. The van der Waals surface area contributed by atoms with Gasteiger partial charge in [-0.1, -0.05) is 40.0 Å². The molecule has 0 aromatic heterocycles. The molecule has 1 aliphatic rings. The quantitative estimate of drug-likeness (QED) is 0.541. The van der Waals surface area contributed by atoms with Crippen molar-refractivity contribution >= 4 is 0 Å². The van der Waals surface area contributed by atoms with Crippen LogP contribution in [-0.2, 0) is 0 Å². The van der Waals surface area contributed by atoms with E-state index in [0.29, 0.717) is 17.9 Å². The molecule has 3 atom stereocenters. The van der Waals surface area contributed by atoms with Crippen molar-refractivity contribution in [2.75, 3.05) is 0 Å². The number of nitrogens with one attached hydrogen (secondary N) is 1. The summed E-state index contributed by atoms with van der Waals surface area (Å²) >= 11 is 0. The fourth-order valence-electron chi connectivity index (χ4n) is 2.15. The second kappa shape index (κ2) is 5.72. The maximum absolute atomic E-state index is 9.78. The van der Waals surface area contributed by atoms with Gasteiger partial charge in [-0.25, -0.2) is 0 Å². The van der Waals surface area contributed by atoms with E-state index in [2.05, 4.69) is 26.1 Å². The van der Waals surface area contributed by atoms with Crippen LogP contribution >= 0.6 is 0 Å². The van der Waals surface area contributed by atoms with Crippen molar-refractivity contribution in [1.82, 2.24) is 5.32 Å². The van der Waals surface area contributed by atoms with Gasteiger partial charge in [0.05, 0.1) is 0 Å². The summed E-state index contributed by atoms with van der Waals surface area (Å²) in [5, 5.41) is 13.1. The van der Waals surface area contributed by atoms with E-state index in [0.717, 1.165) is 0 Å². The first-order chi connectivity index (χ1) is 6.61. The second-order valence-corrected chi connectivity index (χ2v) is 5.08. The molecule has 0 aromatic carbocycles. The first-order valence-electron chi connectivity index (χ1n) is 6.05. The largest absolute Gasteiger partial charge is 0.378 e. The molecule has 2 unspecified atom stereocenters. The van der Waals surface area contributed by atoms with Gasteiger partial charge in [-0.05, 0) is 24.7 Å². The summed E-state index contributed by atoms with van der Waals surface area (Å²) in [5.41, 5.74) is 0. The number of aliphatic hydroxyl groups excluding tert-OH is 1. The molecule has 0 bridgehead atoms. The van der Waals surface area contributed by atoms with Gasteiger partial charge in [0.2, 0.25) is 0 Å². The van der Waals surface area contributed by atoms with Crippen molar-refractivity contribution in [2.24, 2.45) is 11.8 Å². The molecular weight excluding hydrogens is 174 g/mol. The van der Waals surface area contributed by atoms with E-state index in [4.69, 9.17) is 0 Å². The maximum Gasteiger partial charge on any atom is 0.107 e. The monoisotopic (exact) mass is 199 g/mol. The minimum atomic E-state index is -0.333. The van der Waals surface area contributed by atoms with Crippen molar-refractivity contribution in [1.29, 1.82) is 0 Å². The van der Waals surface area contributed by atoms with Gasteiger partial charge < -0.3 is 5.11 Å². The van der Waals surface area contributed by atoms with Gasteiger partial charge in [0.25, 0.3) is 0 Å². The van der Waals surface area contributed by atoms with Gasteiger partial charge in [0.15, 0.2) is 0 Å². The third-order valence-corrected chi connectivity index (χ3v) is 3.38. The Kier molecular flexibility index (Phi) is 4.90. The average molecular weight is 199 g/mol. The highest BCUT2D eigenvalue weighted by molar-refractivity contribution is 4.78. The smallest absolute Gasteiger partial charge is 0.107 e. The summed E-state index contributed by atoms with van der Waals surface area (Å²) in [5.74, 6) is 1.02. The fraction of sp³-hybridized carbons (Fsp3) is 1.00. The first kappa shape index (κ1) is 12.0. The summed E-state index contributed by atoms with van der Waals surface area (Å²) in [4.78, 5) is 0. The molecule has 0 radical (unpaired) electrons. The molecule has 84 valence electrons. The lowest BCUT2D eigenvalue weighted by atomic mass is 9.96. The van der Waals surface area contributed by atoms with Gasteiger partial charge in [0, 0.05) is 6.04 Å². The first-order valence-corrected chi connectivity index (χ1v) is 6.05. The van der Waals surface area contributed by atoms with Gasteiger partial charge in [0.1, 0.15) is 6.23 Å². The van der Waals surface area contributed by atoms with Gasteiger partial charge in [-0.2, -0.15) is 0 Å². The topological polar surface area (TPSA) is 32.3 Å². The Balaban J connectivity index is 2.40. The van der Waals surface area contributed by atoms with E-state index in [1.807, 2.05) is 0 Å². The van der Waals surface area contributed by atoms with Crippen LogP contribution in [0.25, 0.3) is 0 Å². The van der Waals surface area contributed by atoms with Crippen LogP contribution < -0.4 is 5.32 Å². The predicted molar refractivity (Wildman–Crippen MR) is 60.0 cm³/mol. The molecule has 0 amide bonds. The lowest BCUT2D eigenvalue weighted by Gasteiger charge is -2.27. The Morgan fingerprint density at radius 3 is 2.43 bits per heavy atom. The highest BCUT2D eigenvalue weighted by Gasteiger charge is 2.22. The Bertz CT molecular complexity index is 158. The van der Waals surface area contributed by atoms with Crippen molar-refractivity contribution in [3.63, 3.8) is 0 Å². The molecule has 0 spiro atoms. The van der Waals surface area contributed by atoms with Crippen molar-refractivity contribution in [3.8, 4) is 0 Å². The van der Waals surface area contributed by atoms with Gasteiger partial charge >= 0.3 is 0 Å². The number of hydrogen-bond acceptors (Lipinski definition) is 2. The van der Waals surface area contributed by atoms with Crippen LogP contribution in [0.1, 0.15) is 52.9 Å². The zero-order valence-electron chi connectivity index (χ0n) is 9.79. The fourth-order valence-corrected chi connectivity index (χ4v) is 2.15. The molecule has 2 heteroatoms. The molecule has 14 heavy (non-hydrogen) atoms. The zero-order chi connectivity index (χ0) is 10.6. The Labute approximate surface area is 88.1 Å². The molecule has 1 fully saturated rings. The normalized spacial score (nSPS) is 31.5. The highest BCUT2D eigenvalue weighted by Crippen LogP contribution is 2.23. The molecule has 0 aliphatic heterocycles. The van der Waals surface area contributed by atoms with Crippen molar-refractivity contribution in [3.05, 3.63) is 0 Å². The van der Waals surface area contributed by atoms with Gasteiger partial charge in [-0.15, -0.1) is 0 Å². The average Bonchev–Trinajstić information content (AvgIpc) is 2.32. The van der Waals surface area contributed by atoms with Crippen LogP contribution in [0.5, 0.6) is 0 Å². The van der Waals surface area contributed by atoms with Crippen molar-refractivity contribution in [2.45, 2.75) is 65.1 Å². The molecule has 0 saturated heterocycles. The summed E-state index contributed by atoms with van der Waals surface area (Å²) in [6, 6.07) is 0.523. The van der Waals surface area contributed by atoms with Crippen LogP contribution in [0, 0.1) is 11.8 Å². The second-order valence-electron chi connectivity index (χ2n) is 5.08. The SMILES string of the molecule is CC(C)C(O)NC1CCCCC[C@@H]1C. The third-order valence-electron chi connectivity index (χ3n) is 3.38. The molecule has 0 aromatic rings. The molecular formula is C12H25NO. The lowest BCUT2D eigenvalue weighted by molar-refractivity contribution is 0.0672. The van der Waals surface area contributed by atoms with Crippen LogP contribution in [0.15, 0.2) is 0 Å².